The summed E-state index contributed by atoms with van der Waals surface area (Å²) >= 11 is 0. The number of amides is 1. The van der Waals surface area contributed by atoms with Crippen LogP contribution in [-0.4, -0.2) is 62.4 Å². The zero-order valence-corrected chi connectivity index (χ0v) is 23.6. The van der Waals surface area contributed by atoms with Crippen molar-refractivity contribution < 1.29 is 9.90 Å². The van der Waals surface area contributed by atoms with E-state index in [1.165, 1.54) is 0 Å². The van der Waals surface area contributed by atoms with E-state index in [4.69, 9.17) is 10.7 Å². The smallest absolute Gasteiger partial charge is 0.267 e. The highest BCUT2D eigenvalue weighted by Gasteiger charge is 2.38. The van der Waals surface area contributed by atoms with Gasteiger partial charge in [0.05, 0.1) is 34.8 Å². The Morgan fingerprint density at radius 2 is 1.90 bits per heavy atom. The number of fused-ring (bicyclic) bond motifs is 1. The average Bonchev–Trinajstić information content (AvgIpc) is 3.35. The second-order valence-electron chi connectivity index (χ2n) is 12.0. The van der Waals surface area contributed by atoms with Gasteiger partial charge < -0.3 is 20.6 Å². The number of primary amides is 1. The summed E-state index contributed by atoms with van der Waals surface area (Å²) in [5.74, 6) is 0.583. The average molecular weight is 551 g/mol. The molecule has 4 aromatic rings. The molecule has 2 aliphatic heterocycles. The fraction of sp³-hybridized carbons (Fsp3) is 0.387. The number of hydrogen-bond donors (Lipinski definition) is 2. The lowest BCUT2D eigenvalue weighted by molar-refractivity contribution is 0.00457. The van der Waals surface area contributed by atoms with Crippen molar-refractivity contribution in [1.29, 1.82) is 5.26 Å². The molecule has 41 heavy (non-hydrogen) atoms. The molecule has 6 heterocycles. The molecule has 0 bridgehead atoms. The molecule has 10 nitrogen and oxygen atoms in total. The number of aromatic nitrogens is 4. The van der Waals surface area contributed by atoms with Crippen LogP contribution in [0.5, 0.6) is 0 Å². The first-order valence-corrected chi connectivity index (χ1v) is 13.9. The second kappa shape index (κ2) is 9.85. The molecule has 210 valence electrons. The molecule has 4 aromatic heterocycles. The summed E-state index contributed by atoms with van der Waals surface area (Å²) in [6, 6.07) is 12.2. The van der Waals surface area contributed by atoms with Gasteiger partial charge in [0, 0.05) is 55.6 Å². The van der Waals surface area contributed by atoms with E-state index in [1.54, 1.807) is 16.9 Å². The van der Waals surface area contributed by atoms with E-state index >= 15 is 0 Å². The number of carbonyl (C=O) groups is 1. The fourth-order valence-electron chi connectivity index (χ4n) is 6.04. The number of nitriles is 1. The van der Waals surface area contributed by atoms with Gasteiger partial charge in [-0.2, -0.15) is 10.4 Å². The molecule has 0 atom stereocenters. The van der Waals surface area contributed by atoms with Crippen molar-refractivity contribution in [2.75, 3.05) is 36.0 Å². The topological polar surface area (TPSA) is 137 Å². The van der Waals surface area contributed by atoms with Crippen LogP contribution in [-0.2, 0) is 5.41 Å². The number of rotatable bonds is 6. The minimum absolute atomic E-state index is 0.196. The van der Waals surface area contributed by atoms with Crippen LogP contribution in [0.3, 0.4) is 0 Å². The third-order valence-corrected chi connectivity index (χ3v) is 8.90. The van der Waals surface area contributed by atoms with E-state index < -0.39 is 11.5 Å². The van der Waals surface area contributed by atoms with Crippen LogP contribution < -0.4 is 15.5 Å². The third-order valence-electron chi connectivity index (χ3n) is 8.90. The molecule has 6 rings (SSSR count). The van der Waals surface area contributed by atoms with Crippen molar-refractivity contribution in [3.63, 3.8) is 0 Å². The molecule has 2 aliphatic rings. The van der Waals surface area contributed by atoms with Crippen molar-refractivity contribution >= 4 is 22.9 Å². The van der Waals surface area contributed by atoms with E-state index in [9.17, 15) is 15.2 Å². The van der Waals surface area contributed by atoms with Crippen LogP contribution in [0.1, 0.15) is 55.2 Å². The van der Waals surface area contributed by atoms with Crippen molar-refractivity contribution in [1.82, 2.24) is 19.6 Å². The number of hydrogen-bond acceptors (Lipinski definition) is 8. The molecule has 0 spiro atoms. The lowest BCUT2D eigenvalue weighted by atomic mass is 9.73. The lowest BCUT2D eigenvalue weighted by Crippen LogP contribution is -2.55. The standard InChI is InChI=1S/C31H34N8O2/c1-30(2,41)22-17-38(18-22)23-13-24(28-21(14-32)16-36-39(28)19-23)20-6-7-26(35-15-20)37-11-8-31(3,9-12-37)25-5-4-10-34-27(25)29(33)40/h4-7,10,13,15-16,19,22,41H,8-9,11-12,17-18H2,1-3H3,(H2,33,40). The molecule has 10 heteroatoms. The minimum Gasteiger partial charge on any atom is -0.390 e. The van der Waals surface area contributed by atoms with Crippen molar-refractivity contribution in [3.8, 4) is 17.2 Å². The van der Waals surface area contributed by atoms with E-state index in [2.05, 4.69) is 38.9 Å². The predicted octanol–water partition coefficient (Wildman–Crippen LogP) is 3.53. The zero-order chi connectivity index (χ0) is 28.9. The van der Waals surface area contributed by atoms with Gasteiger partial charge in [0.25, 0.3) is 5.91 Å². The number of nitrogens with zero attached hydrogens (tertiary/aromatic N) is 7. The Kier molecular flexibility index (Phi) is 6.42. The second-order valence-corrected chi connectivity index (χ2v) is 12.0. The Bertz CT molecular complexity index is 1650. The first-order valence-electron chi connectivity index (χ1n) is 13.9. The van der Waals surface area contributed by atoms with Gasteiger partial charge in [0.1, 0.15) is 17.6 Å². The number of carbonyl (C=O) groups excluding carboxylic acids is 1. The Labute approximate surface area is 239 Å². The van der Waals surface area contributed by atoms with Gasteiger partial charge in [-0.05, 0) is 61.9 Å². The van der Waals surface area contributed by atoms with Gasteiger partial charge in [-0.3, -0.25) is 9.78 Å². The lowest BCUT2D eigenvalue weighted by Gasteiger charge is -2.46. The number of pyridine rings is 3. The summed E-state index contributed by atoms with van der Waals surface area (Å²) in [5.41, 5.74) is 9.99. The van der Waals surface area contributed by atoms with Crippen LogP contribution in [0.15, 0.2) is 55.1 Å². The molecule has 0 aromatic carbocycles. The number of nitrogens with two attached hydrogens (primary N) is 1. The molecular weight excluding hydrogens is 516 g/mol. The van der Waals surface area contributed by atoms with Crippen LogP contribution in [0.25, 0.3) is 16.6 Å². The first-order chi connectivity index (χ1) is 19.6. The summed E-state index contributed by atoms with van der Waals surface area (Å²) in [7, 11) is 0. The molecule has 0 saturated carbocycles. The van der Waals surface area contributed by atoms with E-state index in [0.29, 0.717) is 11.3 Å². The summed E-state index contributed by atoms with van der Waals surface area (Å²) in [5, 5.41) is 24.6. The quantitative estimate of drug-likeness (QED) is 0.372. The molecular formula is C31H34N8O2. The minimum atomic E-state index is -0.725. The molecule has 0 radical (unpaired) electrons. The molecule has 3 N–H and O–H groups in total. The molecule has 2 saturated heterocycles. The maximum Gasteiger partial charge on any atom is 0.267 e. The van der Waals surface area contributed by atoms with E-state index in [1.807, 2.05) is 50.5 Å². The number of piperidine rings is 1. The van der Waals surface area contributed by atoms with Crippen molar-refractivity contribution in [2.45, 2.75) is 44.6 Å². The first kappa shape index (κ1) is 26.7. The maximum atomic E-state index is 12.0. The highest BCUT2D eigenvalue weighted by molar-refractivity contribution is 5.92. The van der Waals surface area contributed by atoms with Crippen molar-refractivity contribution in [2.24, 2.45) is 11.7 Å². The van der Waals surface area contributed by atoms with Gasteiger partial charge in [-0.15, -0.1) is 0 Å². The summed E-state index contributed by atoms with van der Waals surface area (Å²) < 4.78 is 1.76. The highest BCUT2D eigenvalue weighted by atomic mass is 16.3. The Morgan fingerprint density at radius 3 is 2.54 bits per heavy atom. The summed E-state index contributed by atoms with van der Waals surface area (Å²) in [4.78, 5) is 25.5. The van der Waals surface area contributed by atoms with Crippen LogP contribution >= 0.6 is 0 Å². The molecule has 0 aliphatic carbocycles. The Hall–Kier alpha value is -4.49. The van der Waals surface area contributed by atoms with Gasteiger partial charge in [0.2, 0.25) is 0 Å². The van der Waals surface area contributed by atoms with Gasteiger partial charge in [0.15, 0.2) is 0 Å². The van der Waals surface area contributed by atoms with Crippen LogP contribution in [0.4, 0.5) is 11.5 Å². The van der Waals surface area contributed by atoms with Gasteiger partial charge >= 0.3 is 0 Å². The summed E-state index contributed by atoms with van der Waals surface area (Å²) in [6.45, 7) is 8.95. The normalized spacial score (nSPS) is 17.3. The number of anilines is 2. The Morgan fingerprint density at radius 1 is 1.15 bits per heavy atom. The fourth-order valence-corrected chi connectivity index (χ4v) is 6.04. The van der Waals surface area contributed by atoms with Gasteiger partial charge in [-0.1, -0.05) is 13.0 Å². The van der Waals surface area contributed by atoms with Crippen LogP contribution in [0, 0.1) is 17.2 Å². The third kappa shape index (κ3) is 4.76. The van der Waals surface area contributed by atoms with Gasteiger partial charge in [-0.25, -0.2) is 9.50 Å². The monoisotopic (exact) mass is 550 g/mol. The predicted molar refractivity (Wildman–Crippen MR) is 157 cm³/mol. The van der Waals surface area contributed by atoms with E-state index in [0.717, 1.165) is 72.7 Å². The SMILES string of the molecule is CC1(c2cccnc2C(N)=O)CCN(c2ccc(-c3cc(N4CC(C(C)(C)O)C4)cn4ncc(C#N)c34)cn2)CC1. The van der Waals surface area contributed by atoms with Crippen LogP contribution in [0.2, 0.25) is 0 Å². The molecule has 2 fully saturated rings. The number of aliphatic hydroxyl groups is 1. The van der Waals surface area contributed by atoms with Crippen molar-refractivity contribution in [3.05, 3.63) is 71.9 Å². The Balaban J connectivity index is 1.24. The summed E-state index contributed by atoms with van der Waals surface area (Å²) in [6.07, 6.45) is 8.69. The van der Waals surface area contributed by atoms with E-state index in [-0.39, 0.29) is 11.3 Å². The molecule has 1 amide bonds. The highest BCUT2D eigenvalue weighted by Crippen LogP contribution is 2.39. The maximum absolute atomic E-state index is 12.0. The molecule has 0 unspecified atom stereocenters. The largest absolute Gasteiger partial charge is 0.390 e. The zero-order valence-electron chi connectivity index (χ0n) is 23.6.